The zero-order valence-electron chi connectivity index (χ0n) is 7.43. The molecule has 1 saturated heterocycles. The highest BCUT2D eigenvalue weighted by Crippen LogP contribution is 2.21. The molecule has 1 aliphatic rings. The van der Waals surface area contributed by atoms with E-state index < -0.39 is 0 Å². The van der Waals surface area contributed by atoms with Crippen LogP contribution in [0.5, 0.6) is 0 Å². The van der Waals surface area contributed by atoms with Gasteiger partial charge in [-0.05, 0) is 24.8 Å². The molecule has 0 aromatic heterocycles. The van der Waals surface area contributed by atoms with E-state index in [0.29, 0.717) is 0 Å². The van der Waals surface area contributed by atoms with Crippen LogP contribution in [0.4, 0.5) is 0 Å². The molecule has 10 heavy (non-hydrogen) atoms. The number of rotatable bonds is 2. The van der Waals surface area contributed by atoms with Gasteiger partial charge in [0, 0.05) is 13.1 Å². The van der Waals surface area contributed by atoms with Gasteiger partial charge in [0.15, 0.2) is 0 Å². The normalized spacial score (nSPS) is 35.1. The highest BCUT2D eigenvalue weighted by Gasteiger charge is 2.24. The first-order valence-corrected chi connectivity index (χ1v) is 4.46. The molecule has 0 amide bonds. The molecule has 60 valence electrons. The number of hydrogen-bond acceptors (Lipinski definition) is 1. The summed E-state index contributed by atoms with van der Waals surface area (Å²) in [6.45, 7) is 10.9. The van der Waals surface area contributed by atoms with Crippen molar-refractivity contribution in [3.05, 3.63) is 0 Å². The summed E-state index contributed by atoms with van der Waals surface area (Å²) in [6, 6.07) is 0. The van der Waals surface area contributed by atoms with Crippen LogP contribution >= 0.6 is 0 Å². The highest BCUT2D eigenvalue weighted by atomic mass is 15.1. The van der Waals surface area contributed by atoms with Crippen molar-refractivity contribution in [1.82, 2.24) is 4.90 Å². The summed E-state index contributed by atoms with van der Waals surface area (Å²) >= 11 is 0. The Bertz CT molecular complexity index is 90.9. The molecule has 0 aromatic rings. The molecule has 0 saturated carbocycles. The number of nitrogens with zero attached hydrogens (tertiary/aromatic N) is 1. The van der Waals surface area contributed by atoms with E-state index in [1.54, 1.807) is 0 Å². The summed E-state index contributed by atoms with van der Waals surface area (Å²) in [5.41, 5.74) is 0. The summed E-state index contributed by atoms with van der Waals surface area (Å²) in [4.78, 5) is 2.58. The molecular formula is C9H19N. The first kappa shape index (κ1) is 8.06. The topological polar surface area (TPSA) is 3.24 Å². The fourth-order valence-corrected chi connectivity index (χ4v) is 1.75. The standard InChI is InChI=1S/C9H19N/c1-4-5-10-6-8(2)9(3)7-10/h8-9H,4-7H2,1-3H3. The molecule has 0 aliphatic carbocycles. The van der Waals surface area contributed by atoms with Crippen molar-refractivity contribution < 1.29 is 0 Å². The largest absolute Gasteiger partial charge is 0.303 e. The van der Waals surface area contributed by atoms with Crippen LogP contribution in [0.2, 0.25) is 0 Å². The van der Waals surface area contributed by atoms with E-state index >= 15 is 0 Å². The zero-order valence-corrected chi connectivity index (χ0v) is 7.43. The van der Waals surface area contributed by atoms with Crippen molar-refractivity contribution in [3.63, 3.8) is 0 Å². The van der Waals surface area contributed by atoms with Crippen LogP contribution in [-0.2, 0) is 0 Å². The predicted molar refractivity (Wildman–Crippen MR) is 45.1 cm³/mol. The molecule has 1 rings (SSSR count). The molecule has 2 unspecified atom stereocenters. The van der Waals surface area contributed by atoms with Gasteiger partial charge in [0.1, 0.15) is 0 Å². The quantitative estimate of drug-likeness (QED) is 0.568. The Morgan fingerprint density at radius 1 is 1.20 bits per heavy atom. The first-order chi connectivity index (χ1) is 4.74. The van der Waals surface area contributed by atoms with Crippen LogP contribution in [0.15, 0.2) is 0 Å². The van der Waals surface area contributed by atoms with E-state index in [0.717, 1.165) is 11.8 Å². The minimum absolute atomic E-state index is 0.923. The third-order valence-corrected chi connectivity index (χ3v) is 2.60. The average Bonchev–Trinajstić information content (AvgIpc) is 2.14. The molecule has 1 aliphatic heterocycles. The van der Waals surface area contributed by atoms with Gasteiger partial charge in [-0.1, -0.05) is 20.8 Å². The van der Waals surface area contributed by atoms with Gasteiger partial charge in [-0.3, -0.25) is 0 Å². The fourth-order valence-electron chi connectivity index (χ4n) is 1.75. The molecule has 1 heteroatoms. The molecule has 1 heterocycles. The Kier molecular flexibility index (Phi) is 2.72. The van der Waals surface area contributed by atoms with Crippen molar-refractivity contribution in [2.75, 3.05) is 19.6 Å². The van der Waals surface area contributed by atoms with E-state index in [2.05, 4.69) is 25.7 Å². The lowest BCUT2D eigenvalue weighted by Crippen LogP contribution is -2.21. The van der Waals surface area contributed by atoms with Crippen LogP contribution < -0.4 is 0 Å². The second-order valence-corrected chi connectivity index (χ2v) is 3.71. The average molecular weight is 141 g/mol. The Morgan fingerprint density at radius 2 is 1.70 bits per heavy atom. The smallest absolute Gasteiger partial charge is 0.00102 e. The molecule has 0 bridgehead atoms. The van der Waals surface area contributed by atoms with Crippen LogP contribution in [-0.4, -0.2) is 24.5 Å². The summed E-state index contributed by atoms with van der Waals surface area (Å²) in [5, 5.41) is 0. The number of likely N-dealkylation sites (tertiary alicyclic amines) is 1. The maximum Gasteiger partial charge on any atom is 0.00102 e. The third-order valence-electron chi connectivity index (χ3n) is 2.60. The van der Waals surface area contributed by atoms with Gasteiger partial charge in [-0.25, -0.2) is 0 Å². The van der Waals surface area contributed by atoms with Crippen molar-refractivity contribution in [2.24, 2.45) is 11.8 Å². The van der Waals surface area contributed by atoms with E-state index in [1.807, 2.05) is 0 Å². The monoisotopic (exact) mass is 141 g/mol. The van der Waals surface area contributed by atoms with E-state index in [-0.39, 0.29) is 0 Å². The lowest BCUT2D eigenvalue weighted by molar-refractivity contribution is 0.324. The fraction of sp³-hybridized carbons (Fsp3) is 1.00. The van der Waals surface area contributed by atoms with Crippen LogP contribution in [0, 0.1) is 11.8 Å². The molecule has 0 aromatic carbocycles. The Labute approximate surface area is 64.4 Å². The summed E-state index contributed by atoms with van der Waals surface area (Å²) in [6.07, 6.45) is 1.30. The maximum atomic E-state index is 2.58. The SMILES string of the molecule is CCCN1CC(C)C(C)C1. The van der Waals surface area contributed by atoms with Crippen LogP contribution in [0.1, 0.15) is 27.2 Å². The van der Waals surface area contributed by atoms with Crippen LogP contribution in [0.25, 0.3) is 0 Å². The van der Waals surface area contributed by atoms with Gasteiger partial charge >= 0.3 is 0 Å². The van der Waals surface area contributed by atoms with Gasteiger partial charge in [0.25, 0.3) is 0 Å². The second kappa shape index (κ2) is 3.38. The molecule has 2 atom stereocenters. The molecule has 0 radical (unpaired) electrons. The lowest BCUT2D eigenvalue weighted by Gasteiger charge is -2.12. The minimum atomic E-state index is 0.923. The molecule has 1 fully saturated rings. The molecule has 1 nitrogen and oxygen atoms in total. The minimum Gasteiger partial charge on any atom is -0.303 e. The summed E-state index contributed by atoms with van der Waals surface area (Å²) in [7, 11) is 0. The van der Waals surface area contributed by atoms with Crippen molar-refractivity contribution in [2.45, 2.75) is 27.2 Å². The Hall–Kier alpha value is -0.0400. The Morgan fingerprint density at radius 3 is 2.10 bits per heavy atom. The first-order valence-electron chi connectivity index (χ1n) is 4.46. The van der Waals surface area contributed by atoms with Gasteiger partial charge in [-0.2, -0.15) is 0 Å². The summed E-state index contributed by atoms with van der Waals surface area (Å²) < 4.78 is 0. The van der Waals surface area contributed by atoms with Gasteiger partial charge < -0.3 is 4.90 Å². The van der Waals surface area contributed by atoms with Crippen molar-refractivity contribution in [1.29, 1.82) is 0 Å². The van der Waals surface area contributed by atoms with E-state index in [9.17, 15) is 0 Å². The maximum absolute atomic E-state index is 2.58. The molecule has 0 N–H and O–H groups in total. The van der Waals surface area contributed by atoms with E-state index in [4.69, 9.17) is 0 Å². The second-order valence-electron chi connectivity index (χ2n) is 3.71. The molecule has 0 spiro atoms. The Balaban J connectivity index is 2.27. The van der Waals surface area contributed by atoms with Gasteiger partial charge in [0.2, 0.25) is 0 Å². The van der Waals surface area contributed by atoms with Crippen molar-refractivity contribution >= 4 is 0 Å². The number of hydrogen-bond donors (Lipinski definition) is 0. The van der Waals surface area contributed by atoms with Crippen molar-refractivity contribution in [3.8, 4) is 0 Å². The van der Waals surface area contributed by atoms with E-state index in [1.165, 1.54) is 26.1 Å². The lowest BCUT2D eigenvalue weighted by atomic mass is 10.0. The highest BCUT2D eigenvalue weighted by molar-refractivity contribution is 4.77. The van der Waals surface area contributed by atoms with Crippen LogP contribution in [0.3, 0.4) is 0 Å². The summed E-state index contributed by atoms with van der Waals surface area (Å²) in [5.74, 6) is 1.85. The predicted octanol–water partition coefficient (Wildman–Crippen LogP) is 1.98. The zero-order chi connectivity index (χ0) is 7.56. The molecular weight excluding hydrogens is 122 g/mol. The van der Waals surface area contributed by atoms with Gasteiger partial charge in [0.05, 0.1) is 0 Å². The third kappa shape index (κ3) is 1.72. The van der Waals surface area contributed by atoms with Gasteiger partial charge in [-0.15, -0.1) is 0 Å².